The average Bonchev–Trinajstić information content (AvgIpc) is 2.69. The molecule has 0 spiro atoms. The number of rotatable bonds is 1. The lowest BCUT2D eigenvalue weighted by molar-refractivity contribution is 0.274. The van der Waals surface area contributed by atoms with Crippen LogP contribution in [-0.2, 0) is 6.61 Å². The Balaban J connectivity index is 2.56. The largest absolute Gasteiger partial charge is 0.390 e. The second kappa shape index (κ2) is 3.28. The zero-order valence-corrected chi connectivity index (χ0v) is 8.88. The van der Waals surface area contributed by atoms with Crippen molar-refractivity contribution in [3.05, 3.63) is 41.9 Å². The number of hydrogen-bond donors (Lipinski definition) is 1. The molecular formula is C12H11N3O. The number of hydrogen-bond acceptors (Lipinski definition) is 3. The Morgan fingerprint density at radius 1 is 1.38 bits per heavy atom. The second-order valence-electron chi connectivity index (χ2n) is 3.81. The SMILES string of the molecule is Cc1cc2c3cccnc3cc(CO)n2n1. The molecule has 3 rings (SSSR count). The Morgan fingerprint density at radius 3 is 3.06 bits per heavy atom. The molecule has 0 amide bonds. The molecule has 0 bridgehead atoms. The van der Waals surface area contributed by atoms with E-state index in [0.29, 0.717) is 0 Å². The van der Waals surface area contributed by atoms with Crippen LogP contribution in [-0.4, -0.2) is 19.7 Å². The molecule has 0 fully saturated rings. The first-order chi connectivity index (χ1) is 7.79. The predicted octanol–water partition coefficient (Wildman–Crippen LogP) is 1.68. The molecule has 0 aromatic carbocycles. The van der Waals surface area contributed by atoms with E-state index in [2.05, 4.69) is 10.1 Å². The van der Waals surface area contributed by atoms with Gasteiger partial charge in [-0.1, -0.05) is 0 Å². The molecule has 3 aromatic heterocycles. The maximum atomic E-state index is 9.32. The highest BCUT2D eigenvalue weighted by molar-refractivity contribution is 5.93. The van der Waals surface area contributed by atoms with Crippen LogP contribution < -0.4 is 0 Å². The van der Waals surface area contributed by atoms with Gasteiger partial charge in [0.2, 0.25) is 0 Å². The van der Waals surface area contributed by atoms with Crippen molar-refractivity contribution >= 4 is 16.4 Å². The number of aryl methyl sites for hydroxylation is 1. The molecule has 0 atom stereocenters. The number of aromatic nitrogens is 3. The Kier molecular flexibility index (Phi) is 1.91. The van der Waals surface area contributed by atoms with Crippen molar-refractivity contribution in [3.8, 4) is 0 Å². The van der Waals surface area contributed by atoms with E-state index in [1.54, 1.807) is 10.7 Å². The summed E-state index contributed by atoms with van der Waals surface area (Å²) < 4.78 is 1.78. The van der Waals surface area contributed by atoms with E-state index in [1.165, 1.54) is 0 Å². The number of fused-ring (bicyclic) bond motifs is 3. The van der Waals surface area contributed by atoms with E-state index in [4.69, 9.17) is 0 Å². The van der Waals surface area contributed by atoms with Gasteiger partial charge in [-0.2, -0.15) is 5.10 Å². The summed E-state index contributed by atoms with van der Waals surface area (Å²) in [7, 11) is 0. The fourth-order valence-corrected chi connectivity index (χ4v) is 1.99. The summed E-state index contributed by atoms with van der Waals surface area (Å²) in [6.45, 7) is 1.90. The predicted molar refractivity (Wildman–Crippen MR) is 61.2 cm³/mol. The topological polar surface area (TPSA) is 50.4 Å². The van der Waals surface area contributed by atoms with Gasteiger partial charge in [0.1, 0.15) is 0 Å². The molecule has 4 heteroatoms. The Hall–Kier alpha value is -1.94. The molecule has 0 saturated carbocycles. The van der Waals surface area contributed by atoms with Gasteiger partial charge in [0.25, 0.3) is 0 Å². The summed E-state index contributed by atoms with van der Waals surface area (Å²) in [5.74, 6) is 0. The van der Waals surface area contributed by atoms with Crippen LogP contribution in [0.5, 0.6) is 0 Å². The lowest BCUT2D eigenvalue weighted by Crippen LogP contribution is -1.99. The highest BCUT2D eigenvalue weighted by Gasteiger charge is 2.08. The minimum atomic E-state index is -0.0376. The van der Waals surface area contributed by atoms with E-state index >= 15 is 0 Å². The number of aliphatic hydroxyl groups excluding tert-OH is 1. The number of aliphatic hydroxyl groups is 1. The van der Waals surface area contributed by atoms with Gasteiger partial charge in [-0.25, -0.2) is 4.52 Å². The summed E-state index contributed by atoms with van der Waals surface area (Å²) in [4.78, 5) is 4.30. The summed E-state index contributed by atoms with van der Waals surface area (Å²) in [6, 6.07) is 7.79. The van der Waals surface area contributed by atoms with Gasteiger partial charge in [-0.05, 0) is 31.2 Å². The van der Waals surface area contributed by atoms with E-state index < -0.39 is 0 Å². The fourth-order valence-electron chi connectivity index (χ4n) is 1.99. The van der Waals surface area contributed by atoms with E-state index in [-0.39, 0.29) is 6.61 Å². The van der Waals surface area contributed by atoms with E-state index in [0.717, 1.165) is 27.8 Å². The van der Waals surface area contributed by atoms with Crippen molar-refractivity contribution < 1.29 is 5.11 Å². The molecule has 0 radical (unpaired) electrons. The van der Waals surface area contributed by atoms with Gasteiger partial charge in [0.15, 0.2) is 0 Å². The summed E-state index contributed by atoms with van der Waals surface area (Å²) >= 11 is 0. The Labute approximate surface area is 92.2 Å². The third-order valence-corrected chi connectivity index (χ3v) is 2.68. The standard InChI is InChI=1S/C12H11N3O/c1-8-5-12-10-3-2-4-13-11(10)6-9(7-16)15(12)14-8/h2-6,16H,7H2,1H3. The molecule has 4 nitrogen and oxygen atoms in total. The number of nitrogens with zero attached hydrogens (tertiary/aromatic N) is 3. The smallest absolute Gasteiger partial charge is 0.0854 e. The maximum absolute atomic E-state index is 9.32. The van der Waals surface area contributed by atoms with Gasteiger partial charge in [0, 0.05) is 11.6 Å². The van der Waals surface area contributed by atoms with Crippen LogP contribution in [0.1, 0.15) is 11.4 Å². The molecule has 0 aliphatic heterocycles. The highest BCUT2D eigenvalue weighted by atomic mass is 16.3. The average molecular weight is 213 g/mol. The molecule has 1 N–H and O–H groups in total. The third kappa shape index (κ3) is 1.20. The van der Waals surface area contributed by atoms with Crippen LogP contribution >= 0.6 is 0 Å². The van der Waals surface area contributed by atoms with Crippen molar-refractivity contribution in [2.75, 3.05) is 0 Å². The zero-order valence-electron chi connectivity index (χ0n) is 8.88. The summed E-state index contributed by atoms with van der Waals surface area (Å²) in [5, 5.41) is 14.7. The monoisotopic (exact) mass is 213 g/mol. The lowest BCUT2D eigenvalue weighted by Gasteiger charge is -2.04. The molecule has 80 valence electrons. The molecule has 3 aromatic rings. The minimum absolute atomic E-state index is 0.0376. The lowest BCUT2D eigenvalue weighted by atomic mass is 10.2. The normalized spacial score (nSPS) is 11.4. The zero-order chi connectivity index (χ0) is 11.1. The molecule has 0 unspecified atom stereocenters. The van der Waals surface area contributed by atoms with Crippen molar-refractivity contribution in [1.29, 1.82) is 0 Å². The minimum Gasteiger partial charge on any atom is -0.390 e. The van der Waals surface area contributed by atoms with Crippen molar-refractivity contribution in [2.24, 2.45) is 0 Å². The third-order valence-electron chi connectivity index (χ3n) is 2.68. The maximum Gasteiger partial charge on any atom is 0.0854 e. The van der Waals surface area contributed by atoms with Crippen LogP contribution in [0.15, 0.2) is 30.5 Å². The first-order valence-corrected chi connectivity index (χ1v) is 5.13. The summed E-state index contributed by atoms with van der Waals surface area (Å²) in [6.07, 6.45) is 1.75. The van der Waals surface area contributed by atoms with Crippen LogP contribution in [0.3, 0.4) is 0 Å². The van der Waals surface area contributed by atoms with Crippen LogP contribution in [0, 0.1) is 6.92 Å². The molecule has 16 heavy (non-hydrogen) atoms. The second-order valence-corrected chi connectivity index (χ2v) is 3.81. The molecular weight excluding hydrogens is 202 g/mol. The Morgan fingerprint density at radius 2 is 2.25 bits per heavy atom. The van der Waals surface area contributed by atoms with E-state index in [9.17, 15) is 5.11 Å². The van der Waals surface area contributed by atoms with Crippen LogP contribution in [0.2, 0.25) is 0 Å². The van der Waals surface area contributed by atoms with Crippen LogP contribution in [0.4, 0.5) is 0 Å². The van der Waals surface area contributed by atoms with Gasteiger partial charge < -0.3 is 5.11 Å². The Bertz CT molecular complexity index is 672. The first-order valence-electron chi connectivity index (χ1n) is 5.13. The van der Waals surface area contributed by atoms with Gasteiger partial charge in [-0.3, -0.25) is 4.98 Å². The molecule has 0 aliphatic rings. The molecule has 0 saturated heterocycles. The van der Waals surface area contributed by atoms with Crippen molar-refractivity contribution in [2.45, 2.75) is 13.5 Å². The van der Waals surface area contributed by atoms with E-state index in [1.807, 2.05) is 31.2 Å². The van der Waals surface area contributed by atoms with Crippen molar-refractivity contribution in [3.63, 3.8) is 0 Å². The van der Waals surface area contributed by atoms with Gasteiger partial charge in [-0.15, -0.1) is 0 Å². The quantitative estimate of drug-likeness (QED) is 0.669. The molecule has 3 heterocycles. The highest BCUT2D eigenvalue weighted by Crippen LogP contribution is 2.21. The fraction of sp³-hybridized carbons (Fsp3) is 0.167. The number of pyridine rings is 2. The van der Waals surface area contributed by atoms with Crippen molar-refractivity contribution in [1.82, 2.24) is 14.6 Å². The van der Waals surface area contributed by atoms with Gasteiger partial charge in [0.05, 0.1) is 29.0 Å². The van der Waals surface area contributed by atoms with Crippen LogP contribution in [0.25, 0.3) is 16.4 Å². The van der Waals surface area contributed by atoms with Gasteiger partial charge >= 0.3 is 0 Å². The first kappa shape index (κ1) is 9.30. The summed E-state index contributed by atoms with van der Waals surface area (Å²) in [5.41, 5.74) is 3.58. The molecule has 0 aliphatic carbocycles.